The average molecular weight is 470 g/mol. The fourth-order valence-corrected chi connectivity index (χ4v) is 4.82. The Morgan fingerprint density at radius 2 is 1.88 bits per heavy atom. The van der Waals surface area contributed by atoms with Crippen LogP contribution in [-0.2, 0) is 0 Å². The smallest absolute Gasteiger partial charge is 0.317 e. The number of nitrogens with one attached hydrogen (secondary N) is 2. The van der Waals surface area contributed by atoms with Crippen LogP contribution >= 0.6 is 11.3 Å². The molecule has 3 heterocycles. The minimum absolute atomic E-state index is 0.0254. The number of anilines is 2. The Bertz CT molecular complexity index is 1120. The number of urea groups is 1. The number of piperazine rings is 1. The van der Waals surface area contributed by atoms with Gasteiger partial charge in [-0.1, -0.05) is 42.5 Å². The average Bonchev–Trinajstić information content (AvgIpc) is 3.32. The first-order valence-corrected chi connectivity index (χ1v) is 12.5. The predicted molar refractivity (Wildman–Crippen MR) is 136 cm³/mol. The standard InChI is InChI=1S/C24H35N7OS/c1-7-17(3)25-21(32)29-12-14-30(15-13-29)23-28-31-20(27-24(4,5)6)19(26-22(31)33-23)18-11-9-8-10-16(18)2/h8-11,17,27H,7,12-15H2,1-6H3,(H,25,32)/t17-/m1/s1. The molecule has 0 bridgehead atoms. The molecule has 2 N–H and O–H groups in total. The molecular weight excluding hydrogens is 434 g/mol. The maximum atomic E-state index is 12.4. The fraction of sp³-hybridized carbons (Fsp3) is 0.542. The van der Waals surface area contributed by atoms with Crippen molar-refractivity contribution in [1.29, 1.82) is 0 Å². The van der Waals surface area contributed by atoms with E-state index in [9.17, 15) is 4.79 Å². The first-order valence-electron chi connectivity index (χ1n) is 11.7. The van der Waals surface area contributed by atoms with Crippen molar-refractivity contribution < 1.29 is 4.79 Å². The number of carbonyl (C=O) groups is 1. The van der Waals surface area contributed by atoms with Gasteiger partial charge in [-0.15, -0.1) is 5.10 Å². The quantitative estimate of drug-likeness (QED) is 0.571. The van der Waals surface area contributed by atoms with Gasteiger partial charge in [-0.05, 0) is 46.6 Å². The zero-order valence-corrected chi connectivity index (χ0v) is 21.3. The first-order chi connectivity index (χ1) is 15.7. The van der Waals surface area contributed by atoms with Crippen LogP contribution in [-0.4, -0.2) is 63.3 Å². The van der Waals surface area contributed by atoms with E-state index in [2.05, 4.69) is 62.3 Å². The zero-order chi connectivity index (χ0) is 23.8. The normalized spacial score (nSPS) is 15.7. The molecule has 3 aromatic rings. The van der Waals surface area contributed by atoms with Gasteiger partial charge in [0.1, 0.15) is 5.69 Å². The van der Waals surface area contributed by atoms with Gasteiger partial charge in [-0.2, -0.15) is 4.52 Å². The van der Waals surface area contributed by atoms with Crippen LogP contribution in [0.4, 0.5) is 15.7 Å². The van der Waals surface area contributed by atoms with Crippen LogP contribution in [0.2, 0.25) is 0 Å². The maximum Gasteiger partial charge on any atom is 0.317 e. The van der Waals surface area contributed by atoms with E-state index < -0.39 is 0 Å². The molecule has 2 amide bonds. The van der Waals surface area contributed by atoms with Crippen molar-refractivity contribution in [2.24, 2.45) is 0 Å². The number of imidazole rings is 1. The van der Waals surface area contributed by atoms with Gasteiger partial charge in [0.15, 0.2) is 5.82 Å². The lowest BCUT2D eigenvalue weighted by Gasteiger charge is -2.34. The van der Waals surface area contributed by atoms with Crippen molar-refractivity contribution in [3.05, 3.63) is 29.8 Å². The summed E-state index contributed by atoms with van der Waals surface area (Å²) in [6.07, 6.45) is 0.931. The van der Waals surface area contributed by atoms with Crippen LogP contribution in [0.3, 0.4) is 0 Å². The summed E-state index contributed by atoms with van der Waals surface area (Å²) in [7, 11) is 0. The minimum Gasteiger partial charge on any atom is -0.364 e. The Kier molecular flexibility index (Phi) is 6.52. The Hall–Kier alpha value is -2.81. The van der Waals surface area contributed by atoms with Crippen LogP contribution in [0.15, 0.2) is 24.3 Å². The topological polar surface area (TPSA) is 77.8 Å². The molecule has 1 aromatic carbocycles. The van der Waals surface area contributed by atoms with Crippen LogP contribution in [0.5, 0.6) is 0 Å². The van der Waals surface area contributed by atoms with Crippen molar-refractivity contribution >= 4 is 33.3 Å². The summed E-state index contributed by atoms with van der Waals surface area (Å²) >= 11 is 1.60. The van der Waals surface area contributed by atoms with E-state index in [0.29, 0.717) is 13.1 Å². The van der Waals surface area contributed by atoms with Crippen molar-refractivity contribution in [2.45, 2.75) is 59.5 Å². The lowest BCUT2D eigenvalue weighted by Crippen LogP contribution is -2.53. The summed E-state index contributed by atoms with van der Waals surface area (Å²) in [6, 6.07) is 8.54. The van der Waals surface area contributed by atoms with E-state index in [1.165, 1.54) is 5.56 Å². The molecule has 8 nitrogen and oxygen atoms in total. The first kappa shape index (κ1) is 23.4. The summed E-state index contributed by atoms with van der Waals surface area (Å²) in [5.74, 6) is 0.917. The number of carbonyl (C=O) groups excluding carboxylic acids is 1. The molecule has 0 spiro atoms. The van der Waals surface area contributed by atoms with E-state index >= 15 is 0 Å². The zero-order valence-electron chi connectivity index (χ0n) is 20.5. The number of hydrogen-bond acceptors (Lipinski definition) is 6. The van der Waals surface area contributed by atoms with E-state index in [0.717, 1.165) is 46.7 Å². The van der Waals surface area contributed by atoms with Crippen LogP contribution < -0.4 is 15.5 Å². The Balaban J connectivity index is 1.58. The van der Waals surface area contributed by atoms with Gasteiger partial charge >= 0.3 is 6.03 Å². The summed E-state index contributed by atoms with van der Waals surface area (Å²) in [6.45, 7) is 15.6. The van der Waals surface area contributed by atoms with Gasteiger partial charge in [0.05, 0.1) is 0 Å². The second-order valence-electron chi connectivity index (χ2n) is 9.81. The summed E-state index contributed by atoms with van der Waals surface area (Å²) < 4.78 is 1.94. The molecule has 1 saturated heterocycles. The third kappa shape index (κ3) is 5.08. The van der Waals surface area contributed by atoms with Gasteiger partial charge in [0, 0.05) is 43.3 Å². The lowest BCUT2D eigenvalue weighted by atomic mass is 10.0. The van der Waals surface area contributed by atoms with Gasteiger partial charge in [-0.3, -0.25) is 0 Å². The Morgan fingerprint density at radius 3 is 2.52 bits per heavy atom. The van der Waals surface area contributed by atoms with Gasteiger partial charge in [0.25, 0.3) is 0 Å². The predicted octanol–water partition coefficient (Wildman–Crippen LogP) is 4.61. The summed E-state index contributed by atoms with van der Waals surface area (Å²) in [5, 5.41) is 12.6. The van der Waals surface area contributed by atoms with Gasteiger partial charge in [0.2, 0.25) is 10.1 Å². The van der Waals surface area contributed by atoms with Crippen LogP contribution in [0.1, 0.15) is 46.6 Å². The van der Waals surface area contributed by atoms with Crippen molar-refractivity contribution in [1.82, 2.24) is 24.8 Å². The number of fused-ring (bicyclic) bond motifs is 1. The molecule has 0 saturated carbocycles. The number of aromatic nitrogens is 3. The lowest BCUT2D eigenvalue weighted by molar-refractivity contribution is 0.190. The molecule has 9 heteroatoms. The SMILES string of the molecule is CC[C@@H](C)NC(=O)N1CCN(c2nn3c(NC(C)(C)C)c(-c4ccccc4C)nc3s2)CC1. The van der Waals surface area contributed by atoms with E-state index in [-0.39, 0.29) is 17.6 Å². The summed E-state index contributed by atoms with van der Waals surface area (Å²) in [4.78, 5) is 22.4. The highest BCUT2D eigenvalue weighted by Crippen LogP contribution is 2.36. The highest BCUT2D eigenvalue weighted by molar-refractivity contribution is 7.20. The van der Waals surface area contributed by atoms with Crippen molar-refractivity contribution in [3.63, 3.8) is 0 Å². The molecule has 33 heavy (non-hydrogen) atoms. The largest absolute Gasteiger partial charge is 0.364 e. The minimum atomic E-state index is -0.133. The number of amides is 2. The number of rotatable bonds is 5. The molecule has 1 fully saturated rings. The molecular formula is C24H35N7OS. The second kappa shape index (κ2) is 9.21. The van der Waals surface area contributed by atoms with E-state index in [1.54, 1.807) is 11.3 Å². The van der Waals surface area contributed by atoms with E-state index in [4.69, 9.17) is 10.1 Å². The molecule has 1 atom stereocenters. The molecule has 0 unspecified atom stereocenters. The highest BCUT2D eigenvalue weighted by Gasteiger charge is 2.27. The molecule has 178 valence electrons. The molecule has 0 aliphatic carbocycles. The van der Waals surface area contributed by atoms with Crippen LogP contribution in [0.25, 0.3) is 16.2 Å². The third-order valence-corrected chi connectivity index (χ3v) is 6.88. The van der Waals surface area contributed by atoms with Gasteiger partial charge in [-0.25, -0.2) is 9.78 Å². The number of aryl methyl sites for hydroxylation is 1. The molecule has 2 aromatic heterocycles. The number of nitrogens with zero attached hydrogens (tertiary/aromatic N) is 5. The maximum absolute atomic E-state index is 12.4. The van der Waals surface area contributed by atoms with Crippen LogP contribution in [0, 0.1) is 6.92 Å². The van der Waals surface area contributed by atoms with Gasteiger partial charge < -0.3 is 20.4 Å². The molecule has 4 rings (SSSR count). The Morgan fingerprint density at radius 1 is 1.18 bits per heavy atom. The van der Waals surface area contributed by atoms with E-state index in [1.807, 2.05) is 28.5 Å². The highest BCUT2D eigenvalue weighted by atomic mass is 32.1. The number of benzene rings is 1. The molecule has 0 radical (unpaired) electrons. The van der Waals surface area contributed by atoms with Crippen molar-refractivity contribution in [2.75, 3.05) is 36.4 Å². The fourth-order valence-electron chi connectivity index (χ4n) is 3.86. The second-order valence-corrected chi connectivity index (χ2v) is 10.7. The third-order valence-electron chi connectivity index (χ3n) is 5.91. The summed E-state index contributed by atoms with van der Waals surface area (Å²) in [5.41, 5.74) is 3.10. The van der Waals surface area contributed by atoms with Crippen molar-refractivity contribution in [3.8, 4) is 11.3 Å². The Labute approximate surface area is 200 Å². The molecule has 1 aliphatic rings. The molecule has 1 aliphatic heterocycles. The monoisotopic (exact) mass is 469 g/mol. The number of hydrogen-bond donors (Lipinski definition) is 2.